The van der Waals surface area contributed by atoms with Gasteiger partial charge in [0, 0.05) is 17.7 Å². The molecular formula is C12H13NO3. The predicted octanol–water partition coefficient (Wildman–Crippen LogP) is 1.35. The SMILES string of the molecule is O=C1CCc2c(cccc2OC[C@H]2CO2)N1. The number of hydrogen-bond acceptors (Lipinski definition) is 3. The number of nitrogens with one attached hydrogen (secondary N) is 1. The van der Waals surface area contributed by atoms with E-state index in [0.717, 1.165) is 30.0 Å². The molecule has 16 heavy (non-hydrogen) atoms. The van der Waals surface area contributed by atoms with Crippen LogP contribution in [0.2, 0.25) is 0 Å². The van der Waals surface area contributed by atoms with E-state index >= 15 is 0 Å². The standard InChI is InChI=1S/C12H13NO3/c14-12-5-4-9-10(13-12)2-1-3-11(9)16-7-8-6-15-8/h1-3,8H,4-7H2,(H,13,14)/t8-/m1/s1. The molecule has 1 atom stereocenters. The van der Waals surface area contributed by atoms with E-state index in [-0.39, 0.29) is 12.0 Å². The maximum absolute atomic E-state index is 11.2. The zero-order valence-electron chi connectivity index (χ0n) is 8.86. The molecule has 0 radical (unpaired) electrons. The van der Waals surface area contributed by atoms with Gasteiger partial charge in [-0.3, -0.25) is 4.79 Å². The second-order valence-electron chi connectivity index (χ2n) is 4.10. The smallest absolute Gasteiger partial charge is 0.224 e. The summed E-state index contributed by atoms with van der Waals surface area (Å²) < 4.78 is 10.8. The lowest BCUT2D eigenvalue weighted by atomic mass is 10.0. The highest BCUT2D eigenvalue weighted by Crippen LogP contribution is 2.31. The van der Waals surface area contributed by atoms with Crippen LogP contribution < -0.4 is 10.1 Å². The first-order chi connectivity index (χ1) is 7.83. The fourth-order valence-electron chi connectivity index (χ4n) is 1.87. The number of carbonyl (C=O) groups is 1. The molecule has 0 spiro atoms. The molecule has 0 saturated carbocycles. The van der Waals surface area contributed by atoms with Gasteiger partial charge >= 0.3 is 0 Å². The number of anilines is 1. The van der Waals surface area contributed by atoms with E-state index in [2.05, 4.69) is 5.32 Å². The molecule has 0 aliphatic carbocycles. The number of rotatable bonds is 3. The molecule has 1 N–H and O–H groups in total. The summed E-state index contributed by atoms with van der Waals surface area (Å²) in [6, 6.07) is 5.75. The van der Waals surface area contributed by atoms with Crippen LogP contribution >= 0.6 is 0 Å². The van der Waals surface area contributed by atoms with Crippen molar-refractivity contribution in [1.82, 2.24) is 0 Å². The van der Waals surface area contributed by atoms with E-state index in [4.69, 9.17) is 9.47 Å². The van der Waals surface area contributed by atoms with Crippen LogP contribution in [0.25, 0.3) is 0 Å². The van der Waals surface area contributed by atoms with Crippen molar-refractivity contribution in [2.24, 2.45) is 0 Å². The van der Waals surface area contributed by atoms with Gasteiger partial charge in [0.15, 0.2) is 0 Å². The third-order valence-electron chi connectivity index (χ3n) is 2.84. The van der Waals surface area contributed by atoms with Gasteiger partial charge in [-0.25, -0.2) is 0 Å². The quantitative estimate of drug-likeness (QED) is 0.781. The largest absolute Gasteiger partial charge is 0.490 e. The van der Waals surface area contributed by atoms with Crippen LogP contribution in [0, 0.1) is 0 Å². The van der Waals surface area contributed by atoms with E-state index in [0.29, 0.717) is 13.0 Å². The molecule has 84 valence electrons. The summed E-state index contributed by atoms with van der Waals surface area (Å²) in [6.07, 6.45) is 1.55. The Hall–Kier alpha value is -1.55. The van der Waals surface area contributed by atoms with Gasteiger partial charge in [-0.05, 0) is 18.6 Å². The van der Waals surface area contributed by atoms with E-state index in [1.807, 2.05) is 18.2 Å². The zero-order chi connectivity index (χ0) is 11.0. The number of fused-ring (bicyclic) bond motifs is 1. The number of carbonyl (C=O) groups excluding carboxylic acids is 1. The lowest BCUT2D eigenvalue weighted by molar-refractivity contribution is -0.116. The highest BCUT2D eigenvalue weighted by atomic mass is 16.6. The summed E-state index contributed by atoms with van der Waals surface area (Å²) >= 11 is 0. The Morgan fingerprint density at radius 2 is 2.31 bits per heavy atom. The Morgan fingerprint density at radius 1 is 1.44 bits per heavy atom. The third kappa shape index (κ3) is 1.88. The molecule has 0 unspecified atom stereocenters. The maximum Gasteiger partial charge on any atom is 0.224 e. The summed E-state index contributed by atoms with van der Waals surface area (Å²) in [7, 11) is 0. The Bertz CT molecular complexity index is 426. The first kappa shape index (κ1) is 9.66. The van der Waals surface area contributed by atoms with Gasteiger partial charge in [0.2, 0.25) is 5.91 Å². The van der Waals surface area contributed by atoms with Crippen molar-refractivity contribution in [1.29, 1.82) is 0 Å². The topological polar surface area (TPSA) is 50.9 Å². The van der Waals surface area contributed by atoms with Crippen LogP contribution in [-0.4, -0.2) is 25.2 Å². The van der Waals surface area contributed by atoms with Crippen molar-refractivity contribution >= 4 is 11.6 Å². The highest BCUT2D eigenvalue weighted by Gasteiger charge is 2.24. The Labute approximate surface area is 93.5 Å². The summed E-state index contributed by atoms with van der Waals surface area (Å²) in [6.45, 7) is 1.40. The van der Waals surface area contributed by atoms with Crippen molar-refractivity contribution in [3.8, 4) is 5.75 Å². The first-order valence-electron chi connectivity index (χ1n) is 5.49. The van der Waals surface area contributed by atoms with Gasteiger partial charge < -0.3 is 14.8 Å². The van der Waals surface area contributed by atoms with Gasteiger partial charge in [0.25, 0.3) is 0 Å². The summed E-state index contributed by atoms with van der Waals surface area (Å²) in [5, 5.41) is 2.85. The molecular weight excluding hydrogens is 206 g/mol. The van der Waals surface area contributed by atoms with Crippen LogP contribution in [0.4, 0.5) is 5.69 Å². The van der Waals surface area contributed by atoms with Crippen LogP contribution in [-0.2, 0) is 16.0 Å². The molecule has 1 aromatic carbocycles. The summed E-state index contributed by atoms with van der Waals surface area (Å²) in [5.74, 6) is 0.947. The van der Waals surface area contributed by atoms with Crippen LogP contribution in [0.1, 0.15) is 12.0 Å². The summed E-state index contributed by atoms with van der Waals surface area (Å²) in [5.41, 5.74) is 1.98. The normalized spacial score (nSPS) is 22.2. The molecule has 1 aromatic rings. The number of epoxide rings is 1. The Kier molecular flexibility index (Phi) is 2.29. The number of amides is 1. The number of ether oxygens (including phenoxy) is 2. The monoisotopic (exact) mass is 219 g/mol. The predicted molar refractivity (Wildman–Crippen MR) is 58.6 cm³/mol. The Balaban J connectivity index is 1.81. The maximum atomic E-state index is 11.2. The van der Waals surface area contributed by atoms with Crippen LogP contribution in [0.15, 0.2) is 18.2 Å². The fourth-order valence-corrected chi connectivity index (χ4v) is 1.87. The van der Waals surface area contributed by atoms with Crippen molar-refractivity contribution < 1.29 is 14.3 Å². The van der Waals surface area contributed by atoms with Crippen molar-refractivity contribution in [2.45, 2.75) is 18.9 Å². The number of hydrogen-bond donors (Lipinski definition) is 1. The molecule has 4 nitrogen and oxygen atoms in total. The van der Waals surface area contributed by atoms with E-state index in [9.17, 15) is 4.79 Å². The molecule has 0 bridgehead atoms. The average molecular weight is 219 g/mol. The van der Waals surface area contributed by atoms with Gasteiger partial charge in [0.1, 0.15) is 18.5 Å². The molecule has 4 heteroatoms. The second-order valence-corrected chi connectivity index (χ2v) is 4.10. The highest BCUT2D eigenvalue weighted by molar-refractivity contribution is 5.94. The van der Waals surface area contributed by atoms with Gasteiger partial charge in [-0.2, -0.15) is 0 Å². The molecule has 1 saturated heterocycles. The number of benzene rings is 1. The third-order valence-corrected chi connectivity index (χ3v) is 2.84. The zero-order valence-corrected chi connectivity index (χ0v) is 8.86. The minimum atomic E-state index is 0.0789. The lowest BCUT2D eigenvalue weighted by Crippen LogP contribution is -2.19. The lowest BCUT2D eigenvalue weighted by Gasteiger charge is -2.19. The van der Waals surface area contributed by atoms with Crippen LogP contribution in [0.5, 0.6) is 5.75 Å². The van der Waals surface area contributed by atoms with Crippen LogP contribution in [0.3, 0.4) is 0 Å². The van der Waals surface area contributed by atoms with E-state index < -0.39 is 0 Å². The molecule has 1 amide bonds. The molecule has 1 fully saturated rings. The van der Waals surface area contributed by atoms with Gasteiger partial charge in [-0.1, -0.05) is 6.07 Å². The average Bonchev–Trinajstić information content (AvgIpc) is 3.09. The first-order valence-corrected chi connectivity index (χ1v) is 5.49. The van der Waals surface area contributed by atoms with Crippen molar-refractivity contribution in [2.75, 3.05) is 18.5 Å². The molecule has 3 rings (SSSR count). The van der Waals surface area contributed by atoms with Gasteiger partial charge in [0.05, 0.1) is 6.61 Å². The van der Waals surface area contributed by atoms with Crippen molar-refractivity contribution in [3.05, 3.63) is 23.8 Å². The minimum Gasteiger partial charge on any atom is -0.490 e. The molecule has 2 aliphatic heterocycles. The fraction of sp³-hybridized carbons (Fsp3) is 0.417. The second kappa shape index (κ2) is 3.79. The van der Waals surface area contributed by atoms with E-state index in [1.54, 1.807) is 0 Å². The molecule has 2 aliphatic rings. The minimum absolute atomic E-state index is 0.0789. The molecule has 0 aromatic heterocycles. The molecule has 2 heterocycles. The van der Waals surface area contributed by atoms with E-state index in [1.165, 1.54) is 0 Å². The summed E-state index contributed by atoms with van der Waals surface area (Å²) in [4.78, 5) is 11.2. The van der Waals surface area contributed by atoms with Crippen molar-refractivity contribution in [3.63, 3.8) is 0 Å². The van der Waals surface area contributed by atoms with Gasteiger partial charge in [-0.15, -0.1) is 0 Å². The Morgan fingerprint density at radius 3 is 3.12 bits per heavy atom.